The second-order valence-electron chi connectivity index (χ2n) is 3.29. The molecule has 0 radical (unpaired) electrons. The first-order chi connectivity index (χ1) is 6.63. The molecule has 1 aromatic carbocycles. The van der Waals surface area contributed by atoms with Crippen molar-refractivity contribution >= 4 is 33.4 Å². The Bertz CT molecular complexity index is 390. The summed E-state index contributed by atoms with van der Waals surface area (Å²) in [6, 6.07) is 9.62. The maximum Gasteiger partial charge on any atom is 0.225 e. The van der Waals surface area contributed by atoms with Crippen LogP contribution in [0, 0.1) is 0 Å². The minimum atomic E-state index is -0.650. The Morgan fingerprint density at radius 3 is 2.50 bits per heavy atom. The number of benzene rings is 1. The van der Waals surface area contributed by atoms with Crippen molar-refractivity contribution in [3.05, 3.63) is 35.9 Å². The van der Waals surface area contributed by atoms with E-state index in [-0.39, 0.29) is 5.12 Å². The molecule has 1 fully saturated rings. The fourth-order valence-electron chi connectivity index (χ4n) is 1.43. The molecule has 1 aromatic rings. The van der Waals surface area contributed by atoms with Crippen molar-refractivity contribution < 1.29 is 4.79 Å². The van der Waals surface area contributed by atoms with Crippen molar-refractivity contribution in [2.45, 2.75) is 12.5 Å². The van der Waals surface area contributed by atoms with Gasteiger partial charge in [0.1, 0.15) is 9.86 Å². The van der Waals surface area contributed by atoms with Crippen molar-refractivity contribution in [2.24, 2.45) is 0 Å². The van der Waals surface area contributed by atoms with Crippen LogP contribution in [0.15, 0.2) is 30.3 Å². The molecule has 1 atom stereocenters. The molecule has 72 valence electrons. The molecule has 1 aliphatic heterocycles. The molecule has 0 spiro atoms. The van der Waals surface area contributed by atoms with E-state index in [1.807, 2.05) is 37.3 Å². The molecule has 0 saturated carbocycles. The van der Waals surface area contributed by atoms with Gasteiger partial charge in [0.2, 0.25) is 5.12 Å². The number of rotatable bonds is 1. The number of hydrogen-bond donors (Lipinski definition) is 1. The number of hydrogen-bond acceptors (Lipinski definition) is 3. The summed E-state index contributed by atoms with van der Waals surface area (Å²) in [6.45, 7) is 1.86. The molecule has 4 heteroatoms. The van der Waals surface area contributed by atoms with Crippen LogP contribution in [0.25, 0.3) is 0 Å². The minimum absolute atomic E-state index is 0.0636. The molecular weight excluding hydrogens is 214 g/mol. The van der Waals surface area contributed by atoms with Gasteiger partial charge in [-0.1, -0.05) is 42.5 Å². The highest BCUT2D eigenvalue weighted by atomic mass is 32.2. The van der Waals surface area contributed by atoms with E-state index >= 15 is 0 Å². The highest BCUT2D eigenvalue weighted by molar-refractivity contribution is 8.33. The van der Waals surface area contributed by atoms with Gasteiger partial charge in [-0.15, -0.1) is 0 Å². The summed E-state index contributed by atoms with van der Waals surface area (Å²) in [6.07, 6.45) is 0. The van der Waals surface area contributed by atoms with Gasteiger partial charge in [-0.2, -0.15) is 0 Å². The first-order valence-corrected chi connectivity index (χ1v) is 5.45. The third-order valence-corrected chi connectivity index (χ3v) is 3.53. The zero-order chi connectivity index (χ0) is 10.2. The Labute approximate surface area is 92.1 Å². The minimum Gasteiger partial charge on any atom is -0.354 e. The highest BCUT2D eigenvalue weighted by Crippen LogP contribution is 2.33. The first kappa shape index (κ1) is 9.68. The Balaban J connectivity index is 2.43. The third-order valence-electron chi connectivity index (χ3n) is 2.30. The lowest BCUT2D eigenvalue weighted by atomic mass is 9.94. The topological polar surface area (TPSA) is 29.1 Å². The Kier molecular flexibility index (Phi) is 2.33. The monoisotopic (exact) mass is 223 g/mol. The second kappa shape index (κ2) is 3.37. The smallest absolute Gasteiger partial charge is 0.225 e. The van der Waals surface area contributed by atoms with E-state index in [2.05, 4.69) is 5.32 Å². The predicted octanol–water partition coefficient (Wildman–Crippen LogP) is 2.05. The lowest BCUT2D eigenvalue weighted by Gasteiger charge is -2.21. The highest BCUT2D eigenvalue weighted by Gasteiger charge is 2.42. The lowest BCUT2D eigenvalue weighted by Crippen LogP contribution is -2.39. The van der Waals surface area contributed by atoms with E-state index in [0.29, 0.717) is 4.32 Å². The van der Waals surface area contributed by atoms with Gasteiger partial charge in [0, 0.05) is 0 Å². The molecular formula is C10H9NOS2. The molecule has 0 aromatic heterocycles. The molecule has 0 amide bonds. The molecule has 0 aliphatic carbocycles. The second-order valence-corrected chi connectivity index (χ2v) is 4.94. The number of nitrogens with one attached hydrogen (secondary N) is 1. The first-order valence-electron chi connectivity index (χ1n) is 4.23. The van der Waals surface area contributed by atoms with Gasteiger partial charge < -0.3 is 5.32 Å². The molecule has 2 nitrogen and oxygen atoms in total. The lowest BCUT2D eigenvalue weighted by molar-refractivity contribution is -0.115. The number of thiocarbonyl (C=S) groups is 1. The molecule has 1 unspecified atom stereocenters. The van der Waals surface area contributed by atoms with Crippen LogP contribution < -0.4 is 5.32 Å². The van der Waals surface area contributed by atoms with Crippen LogP contribution in [0.1, 0.15) is 12.5 Å². The third kappa shape index (κ3) is 1.44. The summed E-state index contributed by atoms with van der Waals surface area (Å²) in [5.74, 6) is 0. The van der Waals surface area contributed by atoms with Gasteiger partial charge in [0.25, 0.3) is 0 Å². The van der Waals surface area contributed by atoms with Crippen molar-refractivity contribution in [3.8, 4) is 0 Å². The van der Waals surface area contributed by atoms with Gasteiger partial charge in [-0.25, -0.2) is 0 Å². The summed E-state index contributed by atoms with van der Waals surface area (Å²) in [5.41, 5.74) is 0.306. The Morgan fingerprint density at radius 1 is 1.36 bits per heavy atom. The predicted molar refractivity (Wildman–Crippen MR) is 62.1 cm³/mol. The zero-order valence-electron chi connectivity index (χ0n) is 7.61. The molecule has 1 saturated heterocycles. The van der Waals surface area contributed by atoms with Crippen LogP contribution in [0.2, 0.25) is 0 Å². The molecule has 1 aliphatic rings. The van der Waals surface area contributed by atoms with Crippen LogP contribution in [0.4, 0.5) is 0 Å². The van der Waals surface area contributed by atoms with Gasteiger partial charge in [-0.05, 0) is 24.2 Å². The maximum atomic E-state index is 11.7. The van der Waals surface area contributed by atoms with E-state index in [1.165, 1.54) is 0 Å². The van der Waals surface area contributed by atoms with E-state index in [1.54, 1.807) is 0 Å². The van der Waals surface area contributed by atoms with Crippen LogP contribution in [0.3, 0.4) is 0 Å². The normalized spacial score (nSPS) is 26.4. The van der Waals surface area contributed by atoms with Gasteiger partial charge >= 0.3 is 0 Å². The molecule has 1 heterocycles. The van der Waals surface area contributed by atoms with E-state index in [9.17, 15) is 4.79 Å². The fraction of sp³-hybridized carbons (Fsp3) is 0.200. The van der Waals surface area contributed by atoms with Gasteiger partial charge in [0.15, 0.2) is 0 Å². The van der Waals surface area contributed by atoms with Gasteiger partial charge in [-0.3, -0.25) is 4.79 Å². The summed E-state index contributed by atoms with van der Waals surface area (Å²) >= 11 is 6.08. The summed E-state index contributed by atoms with van der Waals surface area (Å²) < 4.78 is 0.557. The number of carbonyl (C=O) groups is 1. The SMILES string of the molecule is CC1(c2ccccc2)NC(=S)SC1=O. The molecule has 0 bridgehead atoms. The summed E-state index contributed by atoms with van der Waals surface area (Å²) in [5, 5.41) is 3.10. The zero-order valence-corrected chi connectivity index (χ0v) is 9.24. The van der Waals surface area contributed by atoms with Crippen LogP contribution in [-0.2, 0) is 10.3 Å². The van der Waals surface area contributed by atoms with Crippen molar-refractivity contribution in [1.29, 1.82) is 0 Å². The van der Waals surface area contributed by atoms with E-state index in [0.717, 1.165) is 17.3 Å². The number of thioether (sulfide) groups is 1. The van der Waals surface area contributed by atoms with Crippen LogP contribution in [0.5, 0.6) is 0 Å². The summed E-state index contributed by atoms with van der Waals surface area (Å²) in [7, 11) is 0. The Morgan fingerprint density at radius 2 is 2.00 bits per heavy atom. The van der Waals surface area contributed by atoms with Crippen molar-refractivity contribution in [2.75, 3.05) is 0 Å². The number of carbonyl (C=O) groups excluding carboxylic acids is 1. The average molecular weight is 223 g/mol. The fourth-order valence-corrected chi connectivity index (χ4v) is 2.66. The average Bonchev–Trinajstić information content (AvgIpc) is 2.43. The summed E-state index contributed by atoms with van der Waals surface area (Å²) in [4.78, 5) is 11.7. The Hall–Kier alpha value is -0.870. The molecule has 2 rings (SSSR count). The van der Waals surface area contributed by atoms with E-state index in [4.69, 9.17) is 12.2 Å². The van der Waals surface area contributed by atoms with Gasteiger partial charge in [0.05, 0.1) is 0 Å². The van der Waals surface area contributed by atoms with Crippen molar-refractivity contribution in [1.82, 2.24) is 5.32 Å². The maximum absolute atomic E-state index is 11.7. The molecule has 14 heavy (non-hydrogen) atoms. The van der Waals surface area contributed by atoms with Crippen molar-refractivity contribution in [3.63, 3.8) is 0 Å². The standard InChI is InChI=1S/C10H9NOS2/c1-10(7-5-3-2-4-6-7)8(12)14-9(13)11-10/h2-6H,1H3,(H,11,13). The van der Waals surface area contributed by atoms with Crippen LogP contribution in [-0.4, -0.2) is 9.44 Å². The quantitative estimate of drug-likeness (QED) is 0.738. The van der Waals surface area contributed by atoms with E-state index < -0.39 is 5.54 Å². The molecule has 1 N–H and O–H groups in total. The largest absolute Gasteiger partial charge is 0.354 e. The van der Waals surface area contributed by atoms with Crippen LogP contribution >= 0.6 is 24.0 Å².